The molecule has 0 unspecified atom stereocenters. The highest BCUT2D eigenvalue weighted by molar-refractivity contribution is 6.02. The van der Waals surface area contributed by atoms with Crippen LogP contribution < -0.4 is 10.6 Å². The van der Waals surface area contributed by atoms with Crippen LogP contribution in [0.5, 0.6) is 0 Å². The summed E-state index contributed by atoms with van der Waals surface area (Å²) in [5.41, 5.74) is 10.7. The Labute approximate surface area is 284 Å². The van der Waals surface area contributed by atoms with Crippen LogP contribution in [0.25, 0.3) is 12.2 Å². The van der Waals surface area contributed by atoms with Gasteiger partial charge in [-0.25, -0.2) is 0 Å². The monoisotopic (exact) mass is 660 g/mol. The lowest BCUT2D eigenvalue weighted by Crippen LogP contribution is -2.15. The van der Waals surface area contributed by atoms with Crippen molar-refractivity contribution in [3.8, 4) is 0 Å². The predicted molar refractivity (Wildman–Crippen MR) is 188 cm³/mol. The van der Waals surface area contributed by atoms with Crippen molar-refractivity contribution in [2.24, 2.45) is 0 Å². The second kappa shape index (κ2) is 14.1. The minimum Gasteiger partial charge on any atom is -0.481 e. The summed E-state index contributed by atoms with van der Waals surface area (Å²) in [6, 6.07) is 9.71. The molecule has 252 valence electrons. The summed E-state index contributed by atoms with van der Waals surface area (Å²) in [6.07, 6.45) is 7.18. The van der Waals surface area contributed by atoms with Gasteiger partial charge in [-0.3, -0.25) is 19.2 Å². The first-order chi connectivity index (χ1) is 23.4. The van der Waals surface area contributed by atoms with Crippen molar-refractivity contribution in [2.45, 2.75) is 59.3 Å². The summed E-state index contributed by atoms with van der Waals surface area (Å²) in [7, 11) is 0. The Hall–Kier alpha value is -5.90. The van der Waals surface area contributed by atoms with Gasteiger partial charge in [0, 0.05) is 57.9 Å². The van der Waals surface area contributed by atoms with E-state index in [1.165, 1.54) is 0 Å². The lowest BCUT2D eigenvalue weighted by Gasteiger charge is -2.20. The molecule has 1 aromatic carbocycles. The first kappa shape index (κ1) is 34.4. The maximum atomic E-state index is 12.5. The van der Waals surface area contributed by atoms with Gasteiger partial charge >= 0.3 is 11.9 Å². The number of nitrogens with one attached hydrogen (secondary N) is 4. The quantitative estimate of drug-likeness (QED) is 0.129. The lowest BCUT2D eigenvalue weighted by molar-refractivity contribution is -0.138. The standard InChI is InChI=1S/C39H40N4O6/c1-7-25-22(5)38(48)42-31(25)18-29-20(3)27(14-16-33(44)45)36(40-29)35(24-12-10-9-11-13-24)37-28(15-17-34(46)47)21(4)30(41-37)19-32-26(8-2)23(6)39(49)43-32/h7-13,18-19,35,40-41H,1-2,14-17H2,3-6H3,(H,42,48)(H,43,49)(H,44,45)(H,46,47)/b31-18-,32-19-. The molecule has 3 aromatic rings. The third-order valence-electron chi connectivity index (χ3n) is 9.34. The molecular formula is C39H40N4O6. The zero-order valence-corrected chi connectivity index (χ0v) is 28.0. The summed E-state index contributed by atoms with van der Waals surface area (Å²) in [6.45, 7) is 15.1. The second-order valence-corrected chi connectivity index (χ2v) is 12.3. The normalized spacial score (nSPS) is 16.3. The number of amides is 2. The van der Waals surface area contributed by atoms with E-state index in [1.54, 1.807) is 26.0 Å². The SMILES string of the molecule is C=CC1=C(C)C(=O)N/C1=C\c1[nH]c(C(c2ccccc2)c2[nH]c(/C=C3\NC(=O)C(C)=C3C=C)c(C)c2CCC(=O)O)c(CCC(=O)O)c1C. The van der Waals surface area contributed by atoms with Gasteiger partial charge in [-0.2, -0.15) is 0 Å². The summed E-state index contributed by atoms with van der Waals surface area (Å²) < 4.78 is 0. The molecule has 10 heteroatoms. The van der Waals surface area contributed by atoms with Gasteiger partial charge in [0.05, 0.1) is 17.3 Å². The zero-order valence-electron chi connectivity index (χ0n) is 28.0. The van der Waals surface area contributed by atoms with E-state index in [-0.39, 0.29) is 37.5 Å². The van der Waals surface area contributed by atoms with E-state index in [9.17, 15) is 29.4 Å². The minimum atomic E-state index is -0.940. The van der Waals surface area contributed by atoms with Crippen molar-refractivity contribution in [3.63, 3.8) is 0 Å². The van der Waals surface area contributed by atoms with Gasteiger partial charge in [-0.15, -0.1) is 0 Å². The molecule has 2 aromatic heterocycles. The molecule has 2 amide bonds. The first-order valence-corrected chi connectivity index (χ1v) is 16.0. The molecule has 49 heavy (non-hydrogen) atoms. The van der Waals surface area contributed by atoms with Gasteiger partial charge in [0.15, 0.2) is 0 Å². The van der Waals surface area contributed by atoms with E-state index >= 15 is 0 Å². The summed E-state index contributed by atoms with van der Waals surface area (Å²) >= 11 is 0. The smallest absolute Gasteiger partial charge is 0.303 e. The largest absolute Gasteiger partial charge is 0.481 e. The number of carbonyl (C=O) groups is 4. The van der Waals surface area contributed by atoms with E-state index in [1.807, 2.05) is 56.3 Å². The minimum absolute atomic E-state index is 0.112. The van der Waals surface area contributed by atoms with Crippen LogP contribution in [-0.2, 0) is 32.0 Å². The molecule has 0 radical (unpaired) electrons. The Morgan fingerprint density at radius 2 is 1.12 bits per heavy atom. The van der Waals surface area contributed by atoms with Crippen molar-refractivity contribution in [1.82, 2.24) is 20.6 Å². The number of H-pyrrole nitrogens is 2. The highest BCUT2D eigenvalue weighted by Crippen LogP contribution is 2.40. The average molecular weight is 661 g/mol. The van der Waals surface area contributed by atoms with Gasteiger partial charge in [-0.1, -0.05) is 55.6 Å². The fourth-order valence-electron chi connectivity index (χ4n) is 6.63. The number of aliphatic carboxylic acids is 2. The van der Waals surface area contributed by atoms with Crippen LogP contribution in [0.1, 0.15) is 83.2 Å². The maximum Gasteiger partial charge on any atom is 0.303 e. The van der Waals surface area contributed by atoms with E-state index in [2.05, 4.69) is 33.8 Å². The number of carboxylic acid groups (broad SMARTS) is 2. The van der Waals surface area contributed by atoms with Crippen LogP contribution in [0, 0.1) is 13.8 Å². The summed E-state index contributed by atoms with van der Waals surface area (Å²) in [4.78, 5) is 55.9. The fourth-order valence-corrected chi connectivity index (χ4v) is 6.63. The predicted octanol–water partition coefficient (Wildman–Crippen LogP) is 6.12. The highest BCUT2D eigenvalue weighted by atomic mass is 16.4. The van der Waals surface area contributed by atoms with Crippen LogP contribution in [0.15, 0.2) is 89.3 Å². The molecule has 5 rings (SSSR count). The number of hydrogen-bond donors (Lipinski definition) is 6. The van der Waals surface area contributed by atoms with Gasteiger partial charge in [0.1, 0.15) is 0 Å². The van der Waals surface area contributed by atoms with Gasteiger partial charge in [0.2, 0.25) is 0 Å². The molecule has 2 aliphatic rings. The van der Waals surface area contributed by atoms with Crippen molar-refractivity contribution in [3.05, 3.63) is 140 Å². The lowest BCUT2D eigenvalue weighted by atomic mass is 9.85. The number of allylic oxidation sites excluding steroid dienone is 2. The fraction of sp³-hybridized carbons (Fsp3) is 0.231. The van der Waals surface area contributed by atoms with Crippen molar-refractivity contribution < 1.29 is 29.4 Å². The van der Waals surface area contributed by atoms with Crippen LogP contribution in [0.2, 0.25) is 0 Å². The molecule has 10 nitrogen and oxygen atoms in total. The maximum absolute atomic E-state index is 12.5. The second-order valence-electron chi connectivity index (χ2n) is 12.3. The highest BCUT2D eigenvalue weighted by Gasteiger charge is 2.31. The van der Waals surface area contributed by atoms with E-state index < -0.39 is 17.9 Å². The zero-order chi connectivity index (χ0) is 35.6. The molecule has 0 fully saturated rings. The molecule has 0 atom stereocenters. The Morgan fingerprint density at radius 1 is 0.714 bits per heavy atom. The number of rotatable bonds is 13. The third-order valence-corrected chi connectivity index (χ3v) is 9.34. The van der Waals surface area contributed by atoms with Crippen LogP contribution in [0.3, 0.4) is 0 Å². The Balaban J connectivity index is 1.77. The number of benzene rings is 1. The van der Waals surface area contributed by atoms with Gasteiger partial charge < -0.3 is 30.8 Å². The molecule has 0 aliphatic carbocycles. The number of carboxylic acids is 2. The molecular weight excluding hydrogens is 620 g/mol. The third kappa shape index (κ3) is 6.76. The van der Waals surface area contributed by atoms with E-state index in [0.29, 0.717) is 45.1 Å². The molecule has 6 N–H and O–H groups in total. The van der Waals surface area contributed by atoms with Gasteiger partial charge in [0.25, 0.3) is 11.8 Å². The van der Waals surface area contributed by atoms with Crippen LogP contribution in [-0.4, -0.2) is 43.9 Å². The van der Waals surface area contributed by atoms with Gasteiger partial charge in [-0.05, 0) is 80.5 Å². The topological polar surface area (TPSA) is 164 Å². The number of hydrogen-bond acceptors (Lipinski definition) is 4. The molecule has 0 saturated carbocycles. The number of aromatic amines is 2. The Kier molecular flexibility index (Phi) is 9.89. The first-order valence-electron chi connectivity index (χ1n) is 16.0. The molecule has 2 aliphatic heterocycles. The molecule has 0 saturated heterocycles. The Morgan fingerprint density at radius 3 is 1.49 bits per heavy atom. The van der Waals surface area contributed by atoms with Crippen LogP contribution in [0.4, 0.5) is 0 Å². The molecule has 0 spiro atoms. The Bertz CT molecular complexity index is 1910. The van der Waals surface area contributed by atoms with Crippen molar-refractivity contribution in [1.29, 1.82) is 0 Å². The van der Waals surface area contributed by atoms with E-state index in [4.69, 9.17) is 0 Å². The van der Waals surface area contributed by atoms with Crippen LogP contribution >= 0.6 is 0 Å². The summed E-state index contributed by atoms with van der Waals surface area (Å²) in [5, 5.41) is 25.2. The number of carbonyl (C=O) groups excluding carboxylic acids is 2. The molecule has 0 bridgehead atoms. The number of aromatic nitrogens is 2. The van der Waals surface area contributed by atoms with Crippen molar-refractivity contribution in [2.75, 3.05) is 0 Å². The molecule has 4 heterocycles. The van der Waals surface area contributed by atoms with Crippen molar-refractivity contribution >= 4 is 35.9 Å². The summed E-state index contributed by atoms with van der Waals surface area (Å²) in [5.74, 6) is -2.80. The average Bonchev–Trinajstić information content (AvgIpc) is 3.72. The van der Waals surface area contributed by atoms with E-state index in [0.717, 1.165) is 39.2 Å².